The molecule has 5 nitrogen and oxygen atoms in total. The summed E-state index contributed by atoms with van der Waals surface area (Å²) in [7, 11) is -1.58. The van der Waals surface area contributed by atoms with Gasteiger partial charge in [0.25, 0.3) is 0 Å². The van der Waals surface area contributed by atoms with E-state index in [1.165, 1.54) is 0 Å². The number of rotatable bonds is 1. The lowest BCUT2D eigenvalue weighted by atomic mass is 10.1. The lowest BCUT2D eigenvalue weighted by Crippen LogP contribution is -2.17. The van der Waals surface area contributed by atoms with E-state index < -0.39 is 13.7 Å². The molecule has 0 amide bonds. The maximum atomic E-state index is 12.4. The Labute approximate surface area is 174 Å². The van der Waals surface area contributed by atoms with Crippen LogP contribution in [0.2, 0.25) is 19.6 Å². The second-order valence-corrected chi connectivity index (χ2v) is 13.1. The van der Waals surface area contributed by atoms with Crippen LogP contribution in [0.3, 0.4) is 0 Å². The summed E-state index contributed by atoms with van der Waals surface area (Å²) >= 11 is 0. The van der Waals surface area contributed by atoms with E-state index in [9.17, 15) is 4.79 Å². The molecule has 5 rings (SSSR count). The Morgan fingerprint density at radius 3 is 2.57 bits per heavy atom. The van der Waals surface area contributed by atoms with E-state index in [1.54, 1.807) is 16.9 Å². The third-order valence-electron chi connectivity index (χ3n) is 4.80. The Kier molecular flexibility index (Phi) is 4.08. The fourth-order valence-corrected chi connectivity index (χ4v) is 3.84. The van der Waals surface area contributed by atoms with E-state index in [2.05, 4.69) is 47.4 Å². The summed E-state index contributed by atoms with van der Waals surface area (Å²) in [6.45, 7) is 6.41. The van der Waals surface area contributed by atoms with Gasteiger partial charge in [-0.2, -0.15) is 4.80 Å². The molecule has 0 saturated carbocycles. The molecular formula is C24H19N3O2Si. The van der Waals surface area contributed by atoms with Gasteiger partial charge in [-0.05, 0) is 29.7 Å². The van der Waals surface area contributed by atoms with Crippen molar-refractivity contribution in [3.8, 4) is 17.2 Å². The molecule has 0 N–H and O–H groups in total. The van der Waals surface area contributed by atoms with E-state index in [0.717, 1.165) is 32.9 Å². The van der Waals surface area contributed by atoms with Crippen molar-refractivity contribution in [2.75, 3.05) is 0 Å². The molecule has 146 valence electrons. The molecule has 0 aliphatic rings. The van der Waals surface area contributed by atoms with Crippen LogP contribution in [-0.2, 0) is 0 Å². The van der Waals surface area contributed by atoms with E-state index in [-0.39, 0.29) is 0 Å². The van der Waals surface area contributed by atoms with E-state index in [0.29, 0.717) is 11.1 Å². The highest BCUT2D eigenvalue weighted by Crippen LogP contribution is 2.24. The van der Waals surface area contributed by atoms with Gasteiger partial charge < -0.3 is 4.42 Å². The van der Waals surface area contributed by atoms with Crippen molar-refractivity contribution >= 4 is 40.8 Å². The summed E-state index contributed by atoms with van der Waals surface area (Å²) in [5, 5.41) is 12.3. The molecule has 0 radical (unpaired) electrons. The van der Waals surface area contributed by atoms with Crippen LogP contribution in [0.25, 0.3) is 38.5 Å². The first kappa shape index (κ1) is 18.3. The van der Waals surface area contributed by atoms with Gasteiger partial charge in [0.2, 0.25) is 0 Å². The summed E-state index contributed by atoms with van der Waals surface area (Å²) in [6, 6.07) is 19.5. The molecule has 5 aromatic rings. The van der Waals surface area contributed by atoms with Crippen LogP contribution < -0.4 is 5.63 Å². The summed E-state index contributed by atoms with van der Waals surface area (Å²) in [4.78, 5) is 14.0. The van der Waals surface area contributed by atoms with Gasteiger partial charge in [0.05, 0.1) is 5.69 Å². The lowest BCUT2D eigenvalue weighted by molar-refractivity contribution is 0.558. The van der Waals surface area contributed by atoms with Crippen molar-refractivity contribution in [2.24, 2.45) is 0 Å². The highest BCUT2D eigenvalue weighted by molar-refractivity contribution is 6.83. The van der Waals surface area contributed by atoms with Gasteiger partial charge in [-0.25, -0.2) is 4.79 Å². The maximum Gasteiger partial charge on any atom is 0.352 e. The average Bonchev–Trinajstić information content (AvgIpc) is 3.16. The smallest absolute Gasteiger partial charge is 0.352 e. The Hall–Kier alpha value is -3.69. The quantitative estimate of drug-likeness (QED) is 0.224. The molecule has 6 heteroatoms. The Morgan fingerprint density at radius 2 is 1.73 bits per heavy atom. The summed E-state index contributed by atoms with van der Waals surface area (Å²) in [5.41, 5.74) is 6.06. The number of nitrogens with zero attached hydrogens (tertiary/aromatic N) is 3. The zero-order valence-corrected chi connectivity index (χ0v) is 17.9. The molecule has 0 atom stereocenters. The number of fused-ring (bicyclic) bond motifs is 4. The van der Waals surface area contributed by atoms with E-state index >= 15 is 0 Å². The van der Waals surface area contributed by atoms with Crippen LogP contribution >= 0.6 is 0 Å². The molecule has 0 saturated heterocycles. The highest BCUT2D eigenvalue weighted by Gasteiger charge is 2.11. The minimum atomic E-state index is -1.58. The SMILES string of the molecule is C[Si](C)(C)C#Cc1cc2ccc(-n3nc4ccc5ccccc5c4n3)cc2oc1=O. The van der Waals surface area contributed by atoms with Crippen molar-refractivity contribution in [3.63, 3.8) is 0 Å². The molecule has 0 aliphatic heterocycles. The Balaban J connectivity index is 1.62. The molecule has 0 bridgehead atoms. The molecule has 30 heavy (non-hydrogen) atoms. The summed E-state index contributed by atoms with van der Waals surface area (Å²) < 4.78 is 5.55. The third-order valence-corrected chi connectivity index (χ3v) is 5.67. The van der Waals surface area contributed by atoms with Gasteiger partial charge in [0.1, 0.15) is 30.3 Å². The molecule has 0 spiro atoms. The van der Waals surface area contributed by atoms with Gasteiger partial charge >= 0.3 is 5.63 Å². The number of benzene rings is 3. The van der Waals surface area contributed by atoms with Crippen LogP contribution in [0, 0.1) is 11.5 Å². The van der Waals surface area contributed by atoms with Gasteiger partial charge in [-0.3, -0.25) is 0 Å². The molecule has 0 fully saturated rings. The molecule has 2 heterocycles. The van der Waals surface area contributed by atoms with Crippen LogP contribution in [0.4, 0.5) is 0 Å². The summed E-state index contributed by atoms with van der Waals surface area (Å²) in [6.07, 6.45) is 0. The van der Waals surface area contributed by atoms with Crippen LogP contribution in [0.5, 0.6) is 0 Å². The van der Waals surface area contributed by atoms with E-state index in [1.807, 2.05) is 42.5 Å². The Bertz CT molecular complexity index is 1560. The van der Waals surface area contributed by atoms with Crippen LogP contribution in [-0.4, -0.2) is 23.1 Å². The fourth-order valence-electron chi connectivity index (χ4n) is 3.33. The van der Waals surface area contributed by atoms with Gasteiger partial charge in [0, 0.05) is 16.8 Å². The monoisotopic (exact) mass is 409 g/mol. The van der Waals surface area contributed by atoms with Gasteiger partial charge in [-0.15, -0.1) is 15.7 Å². The zero-order valence-electron chi connectivity index (χ0n) is 16.9. The molecule has 3 aromatic carbocycles. The minimum Gasteiger partial charge on any atom is -0.422 e. The maximum absolute atomic E-state index is 12.4. The van der Waals surface area contributed by atoms with Gasteiger partial charge in [-0.1, -0.05) is 55.9 Å². The molecule has 0 unspecified atom stereocenters. The van der Waals surface area contributed by atoms with Crippen molar-refractivity contribution in [1.82, 2.24) is 15.0 Å². The first-order valence-corrected chi connectivity index (χ1v) is 13.2. The third kappa shape index (κ3) is 3.29. The molecular weight excluding hydrogens is 390 g/mol. The number of aromatic nitrogens is 3. The first-order chi connectivity index (χ1) is 14.4. The van der Waals surface area contributed by atoms with Gasteiger partial charge in [0.15, 0.2) is 0 Å². The number of hydrogen-bond acceptors (Lipinski definition) is 4. The first-order valence-electron chi connectivity index (χ1n) is 9.74. The predicted molar refractivity (Wildman–Crippen MR) is 123 cm³/mol. The lowest BCUT2D eigenvalue weighted by Gasteiger charge is -2.04. The van der Waals surface area contributed by atoms with Crippen molar-refractivity contribution < 1.29 is 4.42 Å². The largest absolute Gasteiger partial charge is 0.422 e. The minimum absolute atomic E-state index is 0.395. The highest BCUT2D eigenvalue weighted by atomic mass is 28.3. The van der Waals surface area contributed by atoms with Crippen molar-refractivity contribution in [3.05, 3.63) is 76.6 Å². The molecule has 2 aromatic heterocycles. The standard InChI is InChI=1S/C24H19N3O2Si/c1-30(2,3)13-12-18-14-17-8-10-19(15-22(17)29-24(18)28)27-25-21-11-9-16-6-4-5-7-20(16)23(21)26-27/h4-11,14-15H,1-3H3. The Morgan fingerprint density at radius 1 is 0.933 bits per heavy atom. The van der Waals surface area contributed by atoms with Crippen LogP contribution in [0.15, 0.2) is 69.9 Å². The average molecular weight is 410 g/mol. The van der Waals surface area contributed by atoms with Crippen LogP contribution in [0.1, 0.15) is 5.56 Å². The fraction of sp³-hybridized carbons (Fsp3) is 0.125. The predicted octanol–water partition coefficient (Wildman–Crippen LogP) is 4.91. The molecule has 0 aliphatic carbocycles. The van der Waals surface area contributed by atoms with E-state index in [4.69, 9.17) is 4.42 Å². The van der Waals surface area contributed by atoms with Crippen molar-refractivity contribution in [2.45, 2.75) is 19.6 Å². The topological polar surface area (TPSA) is 60.9 Å². The second kappa shape index (κ2) is 6.68. The zero-order chi connectivity index (χ0) is 20.9. The summed E-state index contributed by atoms with van der Waals surface area (Å²) in [5.74, 6) is 3.00. The number of hydrogen-bond donors (Lipinski definition) is 0. The second-order valence-electron chi connectivity index (χ2n) is 8.31. The normalized spacial score (nSPS) is 11.7. The van der Waals surface area contributed by atoms with Crippen molar-refractivity contribution in [1.29, 1.82) is 0 Å².